The standard InChI is InChI=1S/C27H29F3N2OS/c1-19-12-11-17-22(18-19)24(25(27(28,29)30)32-34(33)26(2,3)4)31-23(20-13-7-5-8-14-20)21-15-9-6-10-16-21/h5-18,24-25,32H,1-4H3/t24-,25+,34?/m1/s1. The largest absolute Gasteiger partial charge is 0.407 e. The Bertz CT molecular complexity index is 1100. The minimum atomic E-state index is -4.70. The summed E-state index contributed by atoms with van der Waals surface area (Å²) in [4.78, 5) is 4.73. The fourth-order valence-corrected chi connectivity index (χ4v) is 4.29. The Morgan fingerprint density at radius 3 is 1.82 bits per heavy atom. The van der Waals surface area contributed by atoms with Gasteiger partial charge in [-0.15, -0.1) is 0 Å². The molecular weight excluding hydrogens is 457 g/mol. The maximum absolute atomic E-state index is 14.5. The molecule has 0 heterocycles. The van der Waals surface area contributed by atoms with Gasteiger partial charge in [-0.3, -0.25) is 4.99 Å². The van der Waals surface area contributed by atoms with Gasteiger partial charge >= 0.3 is 6.18 Å². The van der Waals surface area contributed by atoms with Crippen LogP contribution in [0.5, 0.6) is 0 Å². The highest BCUT2D eigenvalue weighted by Crippen LogP contribution is 2.35. The monoisotopic (exact) mass is 486 g/mol. The average Bonchev–Trinajstić information content (AvgIpc) is 2.78. The minimum Gasteiger partial charge on any atom is -0.274 e. The van der Waals surface area contributed by atoms with E-state index in [1.165, 1.54) is 0 Å². The first-order valence-electron chi connectivity index (χ1n) is 11.0. The van der Waals surface area contributed by atoms with Crippen LogP contribution in [-0.2, 0) is 11.0 Å². The number of aliphatic imine (C=N–C) groups is 1. The molecule has 1 N–H and O–H groups in total. The SMILES string of the molecule is Cc1cccc([C@@H](N=C(c2ccccc2)c2ccccc2)[C@H](NS(=O)C(C)(C)C)C(F)(F)F)c1. The van der Waals surface area contributed by atoms with Gasteiger partial charge in [0, 0.05) is 11.1 Å². The smallest absolute Gasteiger partial charge is 0.274 e. The van der Waals surface area contributed by atoms with E-state index >= 15 is 0 Å². The van der Waals surface area contributed by atoms with Crippen molar-refractivity contribution >= 4 is 16.7 Å². The molecule has 0 saturated carbocycles. The predicted octanol–water partition coefficient (Wildman–Crippen LogP) is 6.56. The quantitative estimate of drug-likeness (QED) is 0.378. The minimum absolute atomic E-state index is 0.394. The van der Waals surface area contributed by atoms with Gasteiger partial charge in [0.25, 0.3) is 0 Å². The Balaban J connectivity index is 2.25. The first-order valence-corrected chi connectivity index (χ1v) is 12.1. The molecule has 7 heteroatoms. The van der Waals surface area contributed by atoms with Crippen molar-refractivity contribution < 1.29 is 17.4 Å². The van der Waals surface area contributed by atoms with Gasteiger partial charge in [0.2, 0.25) is 0 Å². The number of aryl methyl sites for hydroxylation is 1. The van der Waals surface area contributed by atoms with Crippen LogP contribution in [0.25, 0.3) is 0 Å². The van der Waals surface area contributed by atoms with Crippen molar-refractivity contribution in [2.24, 2.45) is 4.99 Å². The third-order valence-corrected chi connectivity index (χ3v) is 6.79. The Labute approximate surface area is 201 Å². The van der Waals surface area contributed by atoms with Crippen LogP contribution in [0, 0.1) is 6.92 Å². The number of nitrogens with one attached hydrogen (secondary N) is 1. The lowest BCUT2D eigenvalue weighted by Crippen LogP contribution is -2.50. The van der Waals surface area contributed by atoms with Gasteiger partial charge in [0.05, 0.1) is 21.4 Å². The lowest BCUT2D eigenvalue weighted by Gasteiger charge is -2.31. The van der Waals surface area contributed by atoms with Crippen LogP contribution in [0.2, 0.25) is 0 Å². The Hall–Kier alpha value is -2.77. The van der Waals surface area contributed by atoms with Crippen LogP contribution in [0.15, 0.2) is 89.9 Å². The molecule has 0 spiro atoms. The van der Waals surface area contributed by atoms with Crippen LogP contribution in [0.4, 0.5) is 13.2 Å². The van der Waals surface area contributed by atoms with E-state index in [1.54, 1.807) is 39.0 Å². The summed E-state index contributed by atoms with van der Waals surface area (Å²) in [6.45, 7) is 6.72. The maximum atomic E-state index is 14.5. The molecule has 0 radical (unpaired) electrons. The molecule has 0 aromatic heterocycles. The highest BCUT2D eigenvalue weighted by atomic mass is 32.2. The summed E-state index contributed by atoms with van der Waals surface area (Å²) in [5, 5.41) is 0. The summed E-state index contributed by atoms with van der Waals surface area (Å²) in [7, 11) is -1.96. The Kier molecular flexibility index (Phi) is 8.10. The number of hydrogen-bond donors (Lipinski definition) is 1. The summed E-state index contributed by atoms with van der Waals surface area (Å²) in [5.74, 6) is 0. The molecule has 0 fully saturated rings. The number of hydrogen-bond acceptors (Lipinski definition) is 2. The summed E-state index contributed by atoms with van der Waals surface area (Å²) >= 11 is 0. The molecule has 3 atom stereocenters. The van der Waals surface area contributed by atoms with Gasteiger partial charge in [0.1, 0.15) is 12.1 Å². The zero-order valence-electron chi connectivity index (χ0n) is 19.6. The fourth-order valence-electron chi connectivity index (χ4n) is 3.44. The molecule has 0 aliphatic carbocycles. The van der Waals surface area contributed by atoms with E-state index in [-0.39, 0.29) is 0 Å². The number of alkyl halides is 3. The van der Waals surface area contributed by atoms with E-state index in [1.807, 2.05) is 73.7 Å². The zero-order chi connectivity index (χ0) is 24.9. The summed E-state index contributed by atoms with van der Waals surface area (Å²) in [6, 6.07) is 21.6. The number of nitrogens with zero attached hydrogens (tertiary/aromatic N) is 1. The Morgan fingerprint density at radius 2 is 1.38 bits per heavy atom. The second kappa shape index (κ2) is 10.7. The second-order valence-electron chi connectivity index (χ2n) is 9.09. The lowest BCUT2D eigenvalue weighted by molar-refractivity contribution is -0.155. The maximum Gasteiger partial charge on any atom is 0.407 e. The first kappa shape index (κ1) is 25.8. The van der Waals surface area contributed by atoms with Gasteiger partial charge in [-0.2, -0.15) is 13.2 Å². The fraction of sp³-hybridized carbons (Fsp3) is 0.296. The van der Waals surface area contributed by atoms with E-state index in [0.29, 0.717) is 22.4 Å². The van der Waals surface area contributed by atoms with Gasteiger partial charge in [0.15, 0.2) is 0 Å². The molecule has 3 rings (SSSR count). The molecular formula is C27H29F3N2OS. The van der Waals surface area contributed by atoms with Gasteiger partial charge in [-0.1, -0.05) is 90.5 Å². The molecule has 3 aromatic rings. The van der Waals surface area contributed by atoms with Gasteiger partial charge in [-0.05, 0) is 33.3 Å². The van der Waals surface area contributed by atoms with Crippen LogP contribution in [0.3, 0.4) is 0 Å². The van der Waals surface area contributed by atoms with Crippen molar-refractivity contribution in [1.82, 2.24) is 4.72 Å². The van der Waals surface area contributed by atoms with E-state index in [9.17, 15) is 17.4 Å². The topological polar surface area (TPSA) is 41.5 Å². The molecule has 180 valence electrons. The Morgan fingerprint density at radius 1 is 0.853 bits per heavy atom. The van der Waals surface area contributed by atoms with Crippen molar-refractivity contribution in [3.63, 3.8) is 0 Å². The van der Waals surface area contributed by atoms with E-state index in [2.05, 4.69) is 4.72 Å². The van der Waals surface area contributed by atoms with Crippen LogP contribution in [0.1, 0.15) is 49.1 Å². The van der Waals surface area contributed by atoms with Crippen molar-refractivity contribution in [3.05, 3.63) is 107 Å². The third-order valence-electron chi connectivity index (χ3n) is 5.20. The predicted molar refractivity (Wildman–Crippen MR) is 133 cm³/mol. The van der Waals surface area contributed by atoms with Crippen LogP contribution in [-0.4, -0.2) is 26.9 Å². The number of benzene rings is 3. The molecule has 0 aliphatic rings. The molecule has 0 aliphatic heterocycles. The molecule has 3 aromatic carbocycles. The molecule has 1 unspecified atom stereocenters. The van der Waals surface area contributed by atoms with Crippen molar-refractivity contribution in [2.75, 3.05) is 0 Å². The molecule has 0 saturated heterocycles. The first-order chi connectivity index (χ1) is 16.0. The summed E-state index contributed by atoms with van der Waals surface area (Å²) < 4.78 is 57.8. The van der Waals surface area contributed by atoms with Crippen molar-refractivity contribution in [2.45, 2.75) is 50.7 Å². The molecule has 0 bridgehead atoms. The highest BCUT2D eigenvalue weighted by molar-refractivity contribution is 7.84. The van der Waals surface area contributed by atoms with Gasteiger partial charge < -0.3 is 0 Å². The zero-order valence-corrected chi connectivity index (χ0v) is 20.5. The van der Waals surface area contributed by atoms with Crippen molar-refractivity contribution in [3.8, 4) is 0 Å². The molecule has 3 nitrogen and oxygen atoms in total. The number of halogens is 3. The van der Waals surface area contributed by atoms with E-state index < -0.39 is 34.0 Å². The van der Waals surface area contributed by atoms with Crippen molar-refractivity contribution in [1.29, 1.82) is 0 Å². The number of rotatable bonds is 7. The highest BCUT2D eigenvalue weighted by Gasteiger charge is 2.47. The van der Waals surface area contributed by atoms with E-state index in [4.69, 9.17) is 4.99 Å². The normalized spacial score (nSPS) is 14.8. The molecule has 0 amide bonds. The molecule has 34 heavy (non-hydrogen) atoms. The summed E-state index contributed by atoms with van der Waals surface area (Å²) in [6.07, 6.45) is -4.70. The van der Waals surface area contributed by atoms with Crippen LogP contribution < -0.4 is 4.72 Å². The average molecular weight is 487 g/mol. The van der Waals surface area contributed by atoms with Gasteiger partial charge in [-0.25, -0.2) is 8.93 Å². The van der Waals surface area contributed by atoms with E-state index in [0.717, 1.165) is 5.56 Å². The second-order valence-corrected chi connectivity index (χ2v) is 11.1. The summed E-state index contributed by atoms with van der Waals surface area (Å²) in [5.41, 5.74) is 3.04. The third kappa shape index (κ3) is 6.64. The van der Waals surface area contributed by atoms with Crippen LogP contribution >= 0.6 is 0 Å². The lowest BCUT2D eigenvalue weighted by atomic mass is 9.96.